The van der Waals surface area contributed by atoms with Crippen molar-refractivity contribution in [2.45, 2.75) is 119 Å². The molecule has 4 unspecified atom stereocenters. The van der Waals surface area contributed by atoms with Gasteiger partial charge in [-0.2, -0.15) is 0 Å². The Labute approximate surface area is 327 Å². The Balaban J connectivity index is 1.10. The third-order valence-electron chi connectivity index (χ3n) is 11.7. The van der Waals surface area contributed by atoms with Gasteiger partial charge in [-0.3, -0.25) is 4.79 Å². The second-order valence-corrected chi connectivity index (χ2v) is 15.2. The molecule has 310 valence electrons. The average Bonchev–Trinajstić information content (AvgIpc) is 3.19. The van der Waals surface area contributed by atoms with Crippen molar-refractivity contribution in [2.75, 3.05) is 13.7 Å². The van der Waals surface area contributed by atoms with Crippen molar-refractivity contribution in [2.24, 2.45) is 0 Å². The SMILES string of the molecule is COc1cccc2c1C(O)c1c(O)c3c(c(O)c1C2O)C[C@@](O)(C(C)=O)C[C@@H]3OC1C[C@H](NCc2ccc(OC3O[C@@H](CO)[C@@H](O)[C@H](O)[C@H]3O)cc2)[C@H](O)[C@H](C)O1. The molecule has 11 N–H and O–H groups in total. The van der Waals surface area contributed by atoms with Crippen LogP contribution in [0.5, 0.6) is 23.0 Å². The number of ketones is 1. The van der Waals surface area contributed by atoms with Crippen LogP contribution < -0.4 is 14.8 Å². The first-order valence-electron chi connectivity index (χ1n) is 18.7. The summed E-state index contributed by atoms with van der Waals surface area (Å²) in [4.78, 5) is 12.9. The van der Waals surface area contributed by atoms with E-state index in [1.165, 1.54) is 14.0 Å². The van der Waals surface area contributed by atoms with Crippen LogP contribution in [0.25, 0.3) is 0 Å². The molecule has 3 aromatic carbocycles. The fourth-order valence-corrected chi connectivity index (χ4v) is 8.40. The molecular formula is C40H49NO16. The van der Waals surface area contributed by atoms with E-state index in [4.69, 9.17) is 23.7 Å². The maximum Gasteiger partial charge on any atom is 0.229 e. The van der Waals surface area contributed by atoms with Gasteiger partial charge in [0.05, 0.1) is 32.0 Å². The van der Waals surface area contributed by atoms with Crippen LogP contribution >= 0.6 is 0 Å². The molecule has 7 rings (SSSR count). The Kier molecular flexibility index (Phi) is 11.6. The number of hydrogen-bond acceptors (Lipinski definition) is 17. The summed E-state index contributed by atoms with van der Waals surface area (Å²) >= 11 is 0. The summed E-state index contributed by atoms with van der Waals surface area (Å²) in [6.07, 6.45) is -15.0. The number of methoxy groups -OCH3 is 1. The standard InChI is InChI=1S/C40H49NO16/c1-16-31(44)22(41-14-18-7-9-19(10-8-18)55-39-38(51)37(50)34(47)25(15-42)57-39)11-26(54-16)56-24-13-40(52,17(2)43)12-21-28(24)36(49)30-29(33(21)46)32(45)20-5-4-6-23(53-3)27(20)35(30)48/h4-10,16,22,24-26,31-32,34-35,37-39,41-42,44-52H,11-15H2,1-3H3/t16-,22-,24-,25-,26?,31+,32?,34+,35?,37-,38+,39?,40-/m0/s1. The molecular weight excluding hydrogens is 750 g/mol. The highest BCUT2D eigenvalue weighted by Crippen LogP contribution is 2.57. The van der Waals surface area contributed by atoms with E-state index in [2.05, 4.69) is 5.32 Å². The van der Waals surface area contributed by atoms with Gasteiger partial charge < -0.3 is 80.1 Å². The van der Waals surface area contributed by atoms with Crippen LogP contribution in [-0.2, 0) is 32.0 Å². The van der Waals surface area contributed by atoms with Gasteiger partial charge in [0.1, 0.15) is 65.2 Å². The minimum absolute atomic E-state index is 0.0136. The maximum absolute atomic E-state index is 12.9. The highest BCUT2D eigenvalue weighted by Gasteiger charge is 2.50. The maximum atomic E-state index is 12.9. The van der Waals surface area contributed by atoms with Crippen LogP contribution in [0.1, 0.15) is 83.9 Å². The number of carbonyl (C=O) groups excluding carboxylic acids is 1. The van der Waals surface area contributed by atoms with Crippen molar-refractivity contribution < 1.29 is 79.5 Å². The lowest BCUT2D eigenvalue weighted by molar-refractivity contribution is -0.277. The van der Waals surface area contributed by atoms with Gasteiger partial charge in [-0.15, -0.1) is 0 Å². The number of ether oxygens (including phenoxy) is 5. The number of nitrogens with one attached hydrogen (secondary N) is 1. The summed E-state index contributed by atoms with van der Waals surface area (Å²) < 4.78 is 29.0. The number of fused-ring (bicyclic) bond motifs is 3. The largest absolute Gasteiger partial charge is 0.507 e. The Bertz CT molecular complexity index is 1960. The van der Waals surface area contributed by atoms with Gasteiger partial charge >= 0.3 is 0 Å². The summed E-state index contributed by atoms with van der Waals surface area (Å²) in [5.41, 5.74) is -1.19. The monoisotopic (exact) mass is 799 g/mol. The molecule has 13 atom stereocenters. The van der Waals surface area contributed by atoms with Gasteiger partial charge in [0.2, 0.25) is 6.29 Å². The highest BCUT2D eigenvalue weighted by atomic mass is 16.7. The summed E-state index contributed by atoms with van der Waals surface area (Å²) in [5, 5.41) is 113. The molecule has 3 aromatic rings. The number of Topliss-reactive ketones (excluding diaryl/α,β-unsaturated/α-hetero) is 1. The van der Waals surface area contributed by atoms with Crippen molar-refractivity contribution in [1.29, 1.82) is 0 Å². The predicted octanol–water partition coefficient (Wildman–Crippen LogP) is -0.260. The fourth-order valence-electron chi connectivity index (χ4n) is 8.40. The van der Waals surface area contributed by atoms with Gasteiger partial charge in [0, 0.05) is 59.7 Å². The van der Waals surface area contributed by atoms with E-state index < -0.39 is 109 Å². The Morgan fingerprint density at radius 1 is 0.877 bits per heavy atom. The number of aliphatic hydroxyl groups is 8. The van der Waals surface area contributed by atoms with Gasteiger partial charge in [-0.1, -0.05) is 24.3 Å². The molecule has 2 fully saturated rings. The molecule has 57 heavy (non-hydrogen) atoms. The van der Waals surface area contributed by atoms with Crippen molar-refractivity contribution in [3.8, 4) is 23.0 Å². The molecule has 17 heteroatoms. The summed E-state index contributed by atoms with van der Waals surface area (Å²) in [5.74, 6) is -1.10. The molecule has 0 aromatic heterocycles. The Morgan fingerprint density at radius 2 is 1.58 bits per heavy atom. The molecule has 0 amide bonds. The molecule has 2 saturated heterocycles. The molecule has 4 aliphatic rings. The van der Waals surface area contributed by atoms with Crippen LogP contribution in [0.4, 0.5) is 0 Å². The average molecular weight is 800 g/mol. The number of rotatable bonds is 10. The van der Waals surface area contributed by atoms with E-state index in [9.17, 15) is 55.9 Å². The Hall–Kier alpha value is -3.95. The molecule has 17 nitrogen and oxygen atoms in total. The van der Waals surface area contributed by atoms with Gasteiger partial charge in [-0.25, -0.2) is 0 Å². The second kappa shape index (κ2) is 16.0. The normalized spacial score (nSPS) is 34.8. The van der Waals surface area contributed by atoms with Crippen LogP contribution in [0.2, 0.25) is 0 Å². The zero-order valence-corrected chi connectivity index (χ0v) is 31.4. The van der Waals surface area contributed by atoms with E-state index in [0.29, 0.717) is 0 Å². The summed E-state index contributed by atoms with van der Waals surface area (Å²) in [6, 6.07) is 10.8. The molecule has 2 aliphatic carbocycles. The summed E-state index contributed by atoms with van der Waals surface area (Å²) in [6.45, 7) is 2.50. The predicted molar refractivity (Wildman–Crippen MR) is 195 cm³/mol. The number of phenols is 2. The van der Waals surface area contributed by atoms with Crippen molar-refractivity contribution in [3.63, 3.8) is 0 Å². The lowest BCUT2D eigenvalue weighted by atomic mass is 9.71. The van der Waals surface area contributed by atoms with Gasteiger partial charge in [-0.05, 0) is 43.2 Å². The quantitative estimate of drug-likeness (QED) is 0.118. The Morgan fingerprint density at radius 3 is 2.25 bits per heavy atom. The first-order chi connectivity index (χ1) is 27.1. The van der Waals surface area contributed by atoms with E-state index in [1.807, 2.05) is 0 Å². The highest BCUT2D eigenvalue weighted by molar-refractivity contribution is 5.86. The van der Waals surface area contributed by atoms with Crippen LogP contribution in [0.3, 0.4) is 0 Å². The van der Waals surface area contributed by atoms with Crippen LogP contribution in [0.15, 0.2) is 42.5 Å². The number of phenolic OH excluding ortho intramolecular Hbond substituents is 2. The van der Waals surface area contributed by atoms with E-state index in [-0.39, 0.29) is 64.3 Å². The number of aromatic hydroxyl groups is 2. The number of hydrogen-bond donors (Lipinski definition) is 11. The van der Waals surface area contributed by atoms with Crippen molar-refractivity contribution >= 4 is 5.78 Å². The fraction of sp³-hybridized carbons (Fsp3) is 0.525. The van der Waals surface area contributed by atoms with Crippen LogP contribution in [0, 0.1) is 0 Å². The zero-order chi connectivity index (χ0) is 41.1. The topological polar surface area (TPSA) is 278 Å². The first kappa shape index (κ1) is 41.2. The van der Waals surface area contributed by atoms with Crippen LogP contribution in [-0.4, -0.2) is 131 Å². The van der Waals surface area contributed by atoms with Crippen molar-refractivity contribution in [1.82, 2.24) is 5.32 Å². The smallest absolute Gasteiger partial charge is 0.229 e. The summed E-state index contributed by atoms with van der Waals surface area (Å²) in [7, 11) is 1.40. The van der Waals surface area contributed by atoms with Gasteiger partial charge in [0.15, 0.2) is 12.1 Å². The third kappa shape index (κ3) is 7.37. The second-order valence-electron chi connectivity index (χ2n) is 15.2. The van der Waals surface area contributed by atoms with E-state index >= 15 is 0 Å². The third-order valence-corrected chi connectivity index (χ3v) is 11.7. The molecule has 0 radical (unpaired) electrons. The molecule has 0 spiro atoms. The van der Waals surface area contributed by atoms with Gasteiger partial charge in [0.25, 0.3) is 0 Å². The van der Waals surface area contributed by atoms with E-state index in [1.54, 1.807) is 49.4 Å². The number of benzene rings is 3. The molecule has 2 heterocycles. The van der Waals surface area contributed by atoms with E-state index in [0.717, 1.165) is 5.56 Å². The lowest BCUT2D eigenvalue weighted by Crippen LogP contribution is -2.60. The minimum Gasteiger partial charge on any atom is -0.507 e. The molecule has 0 bridgehead atoms. The molecule has 0 saturated carbocycles. The lowest BCUT2D eigenvalue weighted by Gasteiger charge is -2.43. The molecule has 2 aliphatic heterocycles. The number of aliphatic hydroxyl groups excluding tert-OH is 7. The van der Waals surface area contributed by atoms with Crippen molar-refractivity contribution in [3.05, 3.63) is 81.4 Å². The first-order valence-corrected chi connectivity index (χ1v) is 18.7. The number of carbonyl (C=O) groups is 1. The zero-order valence-electron chi connectivity index (χ0n) is 31.4. The minimum atomic E-state index is -2.04.